The summed E-state index contributed by atoms with van der Waals surface area (Å²) in [5.41, 5.74) is 0.875. The minimum Gasteiger partial charge on any atom is -0.331 e. The molecule has 1 fully saturated rings. The summed E-state index contributed by atoms with van der Waals surface area (Å²) in [7, 11) is 0. The van der Waals surface area contributed by atoms with Crippen LogP contribution in [0.1, 0.15) is 25.8 Å². The van der Waals surface area contributed by atoms with Crippen LogP contribution in [0.3, 0.4) is 0 Å². The largest absolute Gasteiger partial charge is 0.331 e. The maximum Gasteiger partial charge on any atom is 0.241 e. The molecule has 1 aromatic rings. The molecule has 4 nitrogen and oxygen atoms in total. The van der Waals surface area contributed by atoms with Gasteiger partial charge in [0.05, 0.1) is 18.0 Å². The molecule has 0 aromatic heterocycles. The number of nitriles is 1. The number of carbonyl (C=O) groups is 1. The second-order valence-corrected chi connectivity index (χ2v) is 5.52. The summed E-state index contributed by atoms with van der Waals surface area (Å²) in [4.78, 5) is 14.3. The van der Waals surface area contributed by atoms with E-state index >= 15 is 0 Å². The molecule has 1 aliphatic rings. The van der Waals surface area contributed by atoms with Gasteiger partial charge in [0.2, 0.25) is 5.91 Å². The van der Waals surface area contributed by atoms with Gasteiger partial charge in [0, 0.05) is 13.1 Å². The van der Waals surface area contributed by atoms with Crippen molar-refractivity contribution in [2.45, 2.75) is 38.4 Å². The molecule has 1 amide bonds. The second-order valence-electron chi connectivity index (χ2n) is 5.52. The SMILES string of the molecule is CC1(C)CNC(CC#N)C(=O)N1Cc1ccccc1. The topological polar surface area (TPSA) is 56.1 Å². The van der Waals surface area contributed by atoms with Gasteiger partial charge in [-0.3, -0.25) is 4.79 Å². The minimum atomic E-state index is -0.373. The van der Waals surface area contributed by atoms with Gasteiger partial charge in [-0.15, -0.1) is 0 Å². The smallest absolute Gasteiger partial charge is 0.241 e. The lowest BCUT2D eigenvalue weighted by molar-refractivity contribution is -0.143. The van der Waals surface area contributed by atoms with Crippen LogP contribution in [0.5, 0.6) is 0 Å². The predicted molar refractivity (Wildman–Crippen MR) is 73.1 cm³/mol. The molecule has 0 saturated carbocycles. The van der Waals surface area contributed by atoms with Crippen molar-refractivity contribution in [3.05, 3.63) is 35.9 Å². The summed E-state index contributed by atoms with van der Waals surface area (Å²) in [5, 5.41) is 11.9. The molecule has 1 aliphatic heterocycles. The Morgan fingerprint density at radius 2 is 2.11 bits per heavy atom. The van der Waals surface area contributed by atoms with Crippen LogP contribution < -0.4 is 5.32 Å². The number of piperazine rings is 1. The first kappa shape index (κ1) is 13.6. The van der Waals surface area contributed by atoms with E-state index in [2.05, 4.69) is 11.4 Å². The first-order valence-corrected chi connectivity index (χ1v) is 6.50. The Balaban J connectivity index is 2.19. The van der Waals surface area contributed by atoms with Gasteiger partial charge in [-0.1, -0.05) is 30.3 Å². The molecule has 1 unspecified atom stereocenters. The second kappa shape index (κ2) is 5.41. The highest BCUT2D eigenvalue weighted by Gasteiger charge is 2.39. The van der Waals surface area contributed by atoms with Crippen molar-refractivity contribution in [3.8, 4) is 6.07 Å². The fraction of sp³-hybridized carbons (Fsp3) is 0.467. The monoisotopic (exact) mass is 257 g/mol. The molecular weight excluding hydrogens is 238 g/mol. The normalized spacial score (nSPS) is 22.1. The Kier molecular flexibility index (Phi) is 3.87. The highest BCUT2D eigenvalue weighted by Crippen LogP contribution is 2.23. The van der Waals surface area contributed by atoms with Gasteiger partial charge < -0.3 is 10.2 Å². The van der Waals surface area contributed by atoms with Crippen LogP contribution in [0.25, 0.3) is 0 Å². The van der Waals surface area contributed by atoms with E-state index in [0.29, 0.717) is 13.1 Å². The molecule has 0 radical (unpaired) electrons. The van der Waals surface area contributed by atoms with Crippen molar-refractivity contribution < 1.29 is 4.79 Å². The molecule has 100 valence electrons. The molecule has 1 atom stereocenters. The Bertz CT molecular complexity index is 490. The van der Waals surface area contributed by atoms with E-state index in [0.717, 1.165) is 5.56 Å². The molecule has 1 N–H and O–H groups in total. The molecule has 0 spiro atoms. The van der Waals surface area contributed by atoms with E-state index in [1.54, 1.807) is 0 Å². The standard InChI is InChI=1S/C15H19N3O/c1-15(2)11-17-13(8-9-16)14(19)18(15)10-12-6-4-3-5-7-12/h3-7,13,17H,8,10-11H2,1-2H3. The van der Waals surface area contributed by atoms with Gasteiger partial charge in [0.15, 0.2) is 0 Å². The van der Waals surface area contributed by atoms with Crippen molar-refractivity contribution in [2.24, 2.45) is 0 Å². The summed E-state index contributed by atoms with van der Waals surface area (Å²) in [6.07, 6.45) is 0.222. The Morgan fingerprint density at radius 3 is 2.74 bits per heavy atom. The lowest BCUT2D eigenvalue weighted by Gasteiger charge is -2.45. The van der Waals surface area contributed by atoms with Crippen LogP contribution >= 0.6 is 0 Å². The summed E-state index contributed by atoms with van der Waals surface area (Å²) >= 11 is 0. The third kappa shape index (κ3) is 2.94. The van der Waals surface area contributed by atoms with Crippen molar-refractivity contribution >= 4 is 5.91 Å². The fourth-order valence-electron chi connectivity index (χ4n) is 2.35. The summed E-state index contributed by atoms with van der Waals surface area (Å²) < 4.78 is 0. The van der Waals surface area contributed by atoms with Crippen LogP contribution in [0, 0.1) is 11.3 Å². The molecular formula is C15H19N3O. The Morgan fingerprint density at radius 1 is 1.42 bits per heavy atom. The van der Waals surface area contributed by atoms with Gasteiger partial charge >= 0.3 is 0 Å². The third-order valence-corrected chi connectivity index (χ3v) is 3.55. The van der Waals surface area contributed by atoms with Crippen molar-refractivity contribution in [3.63, 3.8) is 0 Å². The molecule has 1 saturated heterocycles. The number of amides is 1. The quantitative estimate of drug-likeness (QED) is 0.896. The number of benzene rings is 1. The molecule has 0 aliphatic carbocycles. The van der Waals surface area contributed by atoms with E-state index in [9.17, 15) is 4.79 Å². The first-order valence-electron chi connectivity index (χ1n) is 6.50. The molecule has 1 aromatic carbocycles. The number of nitrogens with one attached hydrogen (secondary N) is 1. The summed E-state index contributed by atoms with van der Waals surface area (Å²) in [6, 6.07) is 11.6. The number of hydrogen-bond acceptors (Lipinski definition) is 3. The summed E-state index contributed by atoms with van der Waals surface area (Å²) in [5.74, 6) is 0.0154. The average Bonchev–Trinajstić information content (AvgIpc) is 2.40. The van der Waals surface area contributed by atoms with Crippen LogP contribution in [0.15, 0.2) is 30.3 Å². The maximum atomic E-state index is 12.4. The van der Waals surface area contributed by atoms with Crippen molar-refractivity contribution in [1.29, 1.82) is 5.26 Å². The molecule has 1 heterocycles. The fourth-order valence-corrected chi connectivity index (χ4v) is 2.35. The zero-order valence-corrected chi connectivity index (χ0v) is 11.4. The zero-order valence-electron chi connectivity index (χ0n) is 11.4. The van der Waals surface area contributed by atoms with Crippen molar-refractivity contribution in [2.75, 3.05) is 6.54 Å². The molecule has 2 rings (SSSR count). The van der Waals surface area contributed by atoms with E-state index < -0.39 is 0 Å². The van der Waals surface area contributed by atoms with E-state index in [4.69, 9.17) is 5.26 Å². The van der Waals surface area contributed by atoms with Crippen LogP contribution in [-0.2, 0) is 11.3 Å². The highest BCUT2D eigenvalue weighted by atomic mass is 16.2. The van der Waals surface area contributed by atoms with E-state index in [1.807, 2.05) is 49.1 Å². The predicted octanol–water partition coefficient (Wildman–Crippen LogP) is 1.68. The van der Waals surface area contributed by atoms with Gasteiger partial charge in [-0.2, -0.15) is 5.26 Å². The number of carbonyl (C=O) groups excluding carboxylic acids is 1. The van der Waals surface area contributed by atoms with Crippen molar-refractivity contribution in [1.82, 2.24) is 10.2 Å². The average molecular weight is 257 g/mol. The third-order valence-electron chi connectivity index (χ3n) is 3.55. The Hall–Kier alpha value is -1.86. The summed E-state index contributed by atoms with van der Waals surface area (Å²) in [6.45, 7) is 5.39. The van der Waals surface area contributed by atoms with Gasteiger partial charge in [0.1, 0.15) is 6.04 Å². The highest BCUT2D eigenvalue weighted by molar-refractivity contribution is 5.83. The van der Waals surface area contributed by atoms with E-state index in [1.165, 1.54) is 0 Å². The number of rotatable bonds is 3. The van der Waals surface area contributed by atoms with Crippen LogP contribution in [0.4, 0.5) is 0 Å². The van der Waals surface area contributed by atoms with Crippen LogP contribution in [0.2, 0.25) is 0 Å². The van der Waals surface area contributed by atoms with E-state index in [-0.39, 0.29) is 23.9 Å². The molecule has 0 bridgehead atoms. The van der Waals surface area contributed by atoms with Gasteiger partial charge in [0.25, 0.3) is 0 Å². The number of hydrogen-bond donors (Lipinski definition) is 1. The number of nitrogens with zero attached hydrogens (tertiary/aromatic N) is 2. The zero-order chi connectivity index (χ0) is 13.9. The first-order chi connectivity index (χ1) is 9.04. The van der Waals surface area contributed by atoms with Gasteiger partial charge in [-0.25, -0.2) is 0 Å². The molecule has 19 heavy (non-hydrogen) atoms. The Labute approximate surface area is 114 Å². The molecule has 4 heteroatoms. The van der Waals surface area contributed by atoms with Crippen LogP contribution in [-0.4, -0.2) is 28.9 Å². The minimum absolute atomic E-state index is 0.0154. The lowest BCUT2D eigenvalue weighted by Crippen LogP contribution is -2.64. The lowest BCUT2D eigenvalue weighted by atomic mass is 9.95. The maximum absolute atomic E-state index is 12.4. The van der Waals surface area contributed by atoms with Gasteiger partial charge in [-0.05, 0) is 19.4 Å².